The van der Waals surface area contributed by atoms with Crippen molar-refractivity contribution in [3.05, 3.63) is 11.6 Å². The summed E-state index contributed by atoms with van der Waals surface area (Å²) in [6.45, 7) is 13.2. The van der Waals surface area contributed by atoms with Crippen molar-refractivity contribution in [2.45, 2.75) is 117 Å². The summed E-state index contributed by atoms with van der Waals surface area (Å²) in [5, 5.41) is 20.4. The highest BCUT2D eigenvalue weighted by Gasteiger charge is 2.59. The number of carbonyl (C=O) groups is 1. The molecular formula is C34H62N4O2. The van der Waals surface area contributed by atoms with Crippen molar-refractivity contribution in [1.82, 2.24) is 16.0 Å². The molecule has 0 aliphatic heterocycles. The highest BCUT2D eigenvalue weighted by atomic mass is 16.3. The van der Waals surface area contributed by atoms with Crippen LogP contribution in [-0.2, 0) is 4.79 Å². The maximum absolute atomic E-state index is 12.6. The van der Waals surface area contributed by atoms with Gasteiger partial charge in [0, 0.05) is 13.0 Å². The van der Waals surface area contributed by atoms with E-state index in [1.54, 1.807) is 5.57 Å². The number of allylic oxidation sites excluding steroid dienone is 1. The standard InChI is InChI=1S/C34H62N4O2/c1-25(8-13-32(40)38-23-7-22-37-20-5-4-19-36-21-6-18-35)29-11-12-30-28-10-9-26-24-27(39)14-16-33(26,2)31(28)15-17-34(29,30)3/h9,25,27-31,36-37,39H,4-8,10-24,35H2,1-3H3,(H,38,40)/t25-,27+,28+,29-,30+,31+,33+,34-/m1/s1. The lowest BCUT2D eigenvalue weighted by Gasteiger charge is -2.58. The Kier molecular flexibility index (Phi) is 12.0. The Morgan fingerprint density at radius 1 is 0.975 bits per heavy atom. The summed E-state index contributed by atoms with van der Waals surface area (Å²) >= 11 is 0. The molecule has 3 fully saturated rings. The molecule has 6 nitrogen and oxygen atoms in total. The number of aliphatic hydroxyl groups is 1. The number of hydrogen-bond acceptors (Lipinski definition) is 5. The van der Waals surface area contributed by atoms with E-state index in [9.17, 15) is 9.90 Å². The van der Waals surface area contributed by atoms with Crippen LogP contribution in [0.2, 0.25) is 0 Å². The van der Waals surface area contributed by atoms with Crippen molar-refractivity contribution in [3.8, 4) is 0 Å². The molecule has 4 aliphatic carbocycles. The fraction of sp³-hybridized carbons (Fsp3) is 0.912. The molecule has 0 aromatic rings. The summed E-state index contributed by atoms with van der Waals surface area (Å²) in [4.78, 5) is 12.6. The Bertz CT molecular complexity index is 833. The maximum Gasteiger partial charge on any atom is 0.220 e. The Morgan fingerprint density at radius 3 is 2.45 bits per heavy atom. The number of fused-ring (bicyclic) bond motifs is 5. The molecule has 8 atom stereocenters. The molecule has 6 heteroatoms. The normalized spacial score (nSPS) is 35.8. The second-order valence-corrected chi connectivity index (χ2v) is 14.5. The molecule has 3 saturated carbocycles. The number of unbranched alkanes of at least 4 members (excludes halogenated alkanes) is 1. The van der Waals surface area contributed by atoms with Gasteiger partial charge in [0.1, 0.15) is 0 Å². The average Bonchev–Trinajstić information content (AvgIpc) is 3.30. The summed E-state index contributed by atoms with van der Waals surface area (Å²) in [6.07, 6.45) is 18.2. The monoisotopic (exact) mass is 558 g/mol. The van der Waals surface area contributed by atoms with Crippen molar-refractivity contribution < 1.29 is 9.90 Å². The first-order valence-electron chi connectivity index (χ1n) is 17.1. The van der Waals surface area contributed by atoms with E-state index in [0.717, 1.165) is 95.0 Å². The van der Waals surface area contributed by atoms with E-state index in [4.69, 9.17) is 5.73 Å². The molecule has 0 heterocycles. The van der Waals surface area contributed by atoms with Crippen LogP contribution < -0.4 is 21.7 Å². The van der Waals surface area contributed by atoms with Gasteiger partial charge in [-0.25, -0.2) is 0 Å². The maximum atomic E-state index is 12.6. The van der Waals surface area contributed by atoms with Gasteiger partial charge < -0.3 is 26.8 Å². The second-order valence-electron chi connectivity index (χ2n) is 14.5. The molecular weight excluding hydrogens is 496 g/mol. The summed E-state index contributed by atoms with van der Waals surface area (Å²) < 4.78 is 0. The molecule has 0 aromatic heterocycles. The molecule has 40 heavy (non-hydrogen) atoms. The van der Waals surface area contributed by atoms with Gasteiger partial charge in [-0.05, 0) is 157 Å². The van der Waals surface area contributed by atoms with Crippen LogP contribution in [0.5, 0.6) is 0 Å². The molecule has 0 unspecified atom stereocenters. The SMILES string of the molecule is C[C@H](CCC(=O)NCCCNCCCCNCCCN)[C@H]1CC[C@H]2[C@@H]3CC=C4C[C@@H](O)CC[C@]4(C)[C@H]3CC[C@]12C. The first-order valence-corrected chi connectivity index (χ1v) is 17.1. The third-order valence-corrected chi connectivity index (χ3v) is 12.0. The minimum atomic E-state index is -0.120. The molecule has 0 saturated heterocycles. The van der Waals surface area contributed by atoms with Crippen LogP contribution in [0.3, 0.4) is 0 Å². The highest BCUT2D eigenvalue weighted by Crippen LogP contribution is 2.67. The van der Waals surface area contributed by atoms with Crippen molar-refractivity contribution in [2.24, 2.45) is 46.2 Å². The molecule has 0 aromatic carbocycles. The number of rotatable bonds is 16. The van der Waals surface area contributed by atoms with Crippen molar-refractivity contribution in [3.63, 3.8) is 0 Å². The second kappa shape index (κ2) is 15.0. The van der Waals surface area contributed by atoms with Crippen LogP contribution in [0.1, 0.15) is 111 Å². The Balaban J connectivity index is 1.13. The molecule has 0 spiro atoms. The van der Waals surface area contributed by atoms with Crippen LogP contribution in [0.4, 0.5) is 0 Å². The fourth-order valence-corrected chi connectivity index (χ4v) is 9.68. The number of aliphatic hydroxyl groups excluding tert-OH is 1. The summed E-state index contributed by atoms with van der Waals surface area (Å²) in [5.41, 5.74) is 7.83. The minimum Gasteiger partial charge on any atom is -0.393 e. The smallest absolute Gasteiger partial charge is 0.220 e. The quantitative estimate of drug-likeness (QED) is 0.133. The van der Waals surface area contributed by atoms with Crippen LogP contribution in [-0.4, -0.2) is 56.4 Å². The number of nitrogens with two attached hydrogens (primary N) is 1. The number of nitrogens with one attached hydrogen (secondary N) is 3. The molecule has 230 valence electrons. The summed E-state index contributed by atoms with van der Waals surface area (Å²) in [5.74, 6) is 4.03. The highest BCUT2D eigenvalue weighted by molar-refractivity contribution is 5.75. The summed E-state index contributed by atoms with van der Waals surface area (Å²) in [7, 11) is 0. The first kappa shape index (κ1) is 32.0. The van der Waals surface area contributed by atoms with Gasteiger partial charge in [-0.2, -0.15) is 0 Å². The molecule has 0 bridgehead atoms. The Morgan fingerprint density at radius 2 is 1.70 bits per heavy atom. The molecule has 0 radical (unpaired) electrons. The van der Waals surface area contributed by atoms with Gasteiger partial charge in [-0.3, -0.25) is 4.79 Å². The van der Waals surface area contributed by atoms with Gasteiger partial charge in [0.25, 0.3) is 0 Å². The Labute approximate surface area is 245 Å². The predicted octanol–water partition coefficient (Wildman–Crippen LogP) is 5.16. The zero-order valence-corrected chi connectivity index (χ0v) is 26.1. The van der Waals surface area contributed by atoms with E-state index in [1.165, 1.54) is 51.4 Å². The molecule has 4 aliphatic rings. The number of hydrogen-bond donors (Lipinski definition) is 5. The predicted molar refractivity (Wildman–Crippen MR) is 166 cm³/mol. The van der Waals surface area contributed by atoms with Crippen LogP contribution in [0.15, 0.2) is 11.6 Å². The number of carbonyl (C=O) groups excluding carboxylic acids is 1. The van der Waals surface area contributed by atoms with Crippen molar-refractivity contribution >= 4 is 5.91 Å². The van der Waals surface area contributed by atoms with Crippen molar-refractivity contribution in [1.29, 1.82) is 0 Å². The van der Waals surface area contributed by atoms with E-state index in [2.05, 4.69) is 42.8 Å². The van der Waals surface area contributed by atoms with Gasteiger partial charge in [0.05, 0.1) is 6.10 Å². The van der Waals surface area contributed by atoms with Gasteiger partial charge in [0.15, 0.2) is 0 Å². The minimum absolute atomic E-state index is 0.120. The lowest BCUT2D eigenvalue weighted by atomic mass is 9.47. The van der Waals surface area contributed by atoms with Crippen LogP contribution >= 0.6 is 0 Å². The third-order valence-electron chi connectivity index (χ3n) is 12.0. The lowest BCUT2D eigenvalue weighted by molar-refractivity contribution is -0.121. The molecule has 6 N–H and O–H groups in total. The van der Waals surface area contributed by atoms with Gasteiger partial charge in [-0.1, -0.05) is 32.4 Å². The topological polar surface area (TPSA) is 99.4 Å². The number of amides is 1. The summed E-state index contributed by atoms with van der Waals surface area (Å²) in [6, 6.07) is 0. The Hall–Kier alpha value is -0.950. The van der Waals surface area contributed by atoms with Crippen LogP contribution in [0, 0.1) is 40.4 Å². The van der Waals surface area contributed by atoms with Crippen LogP contribution in [0.25, 0.3) is 0 Å². The van der Waals surface area contributed by atoms with Crippen molar-refractivity contribution in [2.75, 3.05) is 39.3 Å². The van der Waals surface area contributed by atoms with E-state index < -0.39 is 0 Å². The lowest BCUT2D eigenvalue weighted by Crippen LogP contribution is -2.50. The molecule has 1 amide bonds. The first-order chi connectivity index (χ1) is 19.3. The average molecular weight is 559 g/mol. The van der Waals surface area contributed by atoms with Gasteiger partial charge in [-0.15, -0.1) is 0 Å². The van der Waals surface area contributed by atoms with E-state index in [1.807, 2.05) is 0 Å². The van der Waals surface area contributed by atoms with E-state index >= 15 is 0 Å². The van der Waals surface area contributed by atoms with Gasteiger partial charge in [0.2, 0.25) is 5.91 Å². The largest absolute Gasteiger partial charge is 0.393 e. The zero-order chi connectivity index (χ0) is 28.6. The third kappa shape index (κ3) is 7.51. The molecule has 4 rings (SSSR count). The van der Waals surface area contributed by atoms with Gasteiger partial charge >= 0.3 is 0 Å². The zero-order valence-electron chi connectivity index (χ0n) is 26.1. The fourth-order valence-electron chi connectivity index (χ4n) is 9.68. The van der Waals surface area contributed by atoms with E-state index in [-0.39, 0.29) is 12.0 Å². The van der Waals surface area contributed by atoms with E-state index in [0.29, 0.717) is 23.2 Å².